The van der Waals surface area contributed by atoms with E-state index in [1.807, 2.05) is 0 Å². The molecule has 2 nitrogen and oxygen atoms in total. The molecule has 0 amide bonds. The van der Waals surface area contributed by atoms with Gasteiger partial charge < -0.3 is 10.2 Å². The molecule has 2 rings (SSSR count). The van der Waals surface area contributed by atoms with Gasteiger partial charge in [-0.15, -0.1) is 0 Å². The SMILES string of the molecule is CCCC1CN(c2ccc(Br)cc2C)CCCN1. The van der Waals surface area contributed by atoms with Crippen molar-refractivity contribution in [1.82, 2.24) is 5.32 Å². The second-order valence-corrected chi connectivity index (χ2v) is 6.09. The second-order valence-electron chi connectivity index (χ2n) is 5.17. The average molecular weight is 311 g/mol. The van der Waals surface area contributed by atoms with E-state index >= 15 is 0 Å². The van der Waals surface area contributed by atoms with Crippen molar-refractivity contribution in [3.63, 3.8) is 0 Å². The van der Waals surface area contributed by atoms with Crippen LogP contribution in [0.5, 0.6) is 0 Å². The first kappa shape index (κ1) is 13.9. The Balaban J connectivity index is 2.14. The summed E-state index contributed by atoms with van der Waals surface area (Å²) in [4.78, 5) is 2.54. The van der Waals surface area contributed by atoms with Crippen LogP contribution in [0.1, 0.15) is 31.7 Å². The summed E-state index contributed by atoms with van der Waals surface area (Å²) >= 11 is 3.54. The molecule has 0 bridgehead atoms. The third-order valence-corrected chi connectivity index (χ3v) is 4.11. The van der Waals surface area contributed by atoms with E-state index < -0.39 is 0 Å². The Kier molecular flexibility index (Phi) is 5.07. The molecule has 1 N–H and O–H groups in total. The van der Waals surface area contributed by atoms with E-state index in [-0.39, 0.29) is 0 Å². The van der Waals surface area contributed by atoms with E-state index in [1.165, 1.54) is 35.0 Å². The van der Waals surface area contributed by atoms with Gasteiger partial charge in [0.1, 0.15) is 0 Å². The normalized spacial score (nSPS) is 20.8. The first-order chi connectivity index (χ1) is 8.70. The molecule has 0 aliphatic carbocycles. The van der Waals surface area contributed by atoms with Crippen LogP contribution in [0.4, 0.5) is 5.69 Å². The Bertz CT molecular complexity index is 392. The zero-order valence-electron chi connectivity index (χ0n) is 11.4. The van der Waals surface area contributed by atoms with Crippen LogP contribution in [0.15, 0.2) is 22.7 Å². The number of aryl methyl sites for hydroxylation is 1. The van der Waals surface area contributed by atoms with Gasteiger partial charge in [0.2, 0.25) is 0 Å². The quantitative estimate of drug-likeness (QED) is 0.915. The van der Waals surface area contributed by atoms with Crippen LogP contribution in [0.25, 0.3) is 0 Å². The molecule has 1 aliphatic heterocycles. The van der Waals surface area contributed by atoms with Crippen molar-refractivity contribution in [3.05, 3.63) is 28.2 Å². The highest BCUT2D eigenvalue weighted by atomic mass is 79.9. The van der Waals surface area contributed by atoms with Crippen molar-refractivity contribution in [2.24, 2.45) is 0 Å². The highest BCUT2D eigenvalue weighted by molar-refractivity contribution is 9.10. The minimum atomic E-state index is 0.639. The van der Waals surface area contributed by atoms with Crippen molar-refractivity contribution in [2.75, 3.05) is 24.5 Å². The molecule has 1 atom stereocenters. The third kappa shape index (κ3) is 3.48. The van der Waals surface area contributed by atoms with Crippen LogP contribution < -0.4 is 10.2 Å². The van der Waals surface area contributed by atoms with Gasteiger partial charge in [-0.1, -0.05) is 29.3 Å². The predicted octanol–water partition coefficient (Wildman–Crippen LogP) is 3.73. The van der Waals surface area contributed by atoms with E-state index in [0.29, 0.717) is 6.04 Å². The minimum Gasteiger partial charge on any atom is -0.370 e. The van der Waals surface area contributed by atoms with E-state index in [2.05, 4.69) is 58.2 Å². The number of anilines is 1. The summed E-state index contributed by atoms with van der Waals surface area (Å²) in [5, 5.41) is 3.66. The van der Waals surface area contributed by atoms with Gasteiger partial charge in [0.25, 0.3) is 0 Å². The maximum atomic E-state index is 3.66. The maximum Gasteiger partial charge on any atom is 0.0397 e. The Hall–Kier alpha value is -0.540. The van der Waals surface area contributed by atoms with Crippen molar-refractivity contribution in [3.8, 4) is 0 Å². The van der Waals surface area contributed by atoms with E-state index in [9.17, 15) is 0 Å². The largest absolute Gasteiger partial charge is 0.370 e. The lowest BCUT2D eigenvalue weighted by atomic mass is 10.1. The van der Waals surface area contributed by atoms with Gasteiger partial charge in [-0.2, -0.15) is 0 Å². The summed E-state index contributed by atoms with van der Waals surface area (Å²) in [5.74, 6) is 0. The van der Waals surface area contributed by atoms with Crippen LogP contribution in [0.3, 0.4) is 0 Å². The van der Waals surface area contributed by atoms with Crippen molar-refractivity contribution >= 4 is 21.6 Å². The zero-order chi connectivity index (χ0) is 13.0. The topological polar surface area (TPSA) is 15.3 Å². The van der Waals surface area contributed by atoms with Crippen molar-refractivity contribution < 1.29 is 0 Å². The molecule has 1 unspecified atom stereocenters. The fraction of sp³-hybridized carbons (Fsp3) is 0.600. The molecule has 1 aromatic rings. The molecule has 1 saturated heterocycles. The van der Waals surface area contributed by atoms with Gasteiger partial charge in [-0.05, 0) is 50.1 Å². The third-order valence-electron chi connectivity index (χ3n) is 3.62. The van der Waals surface area contributed by atoms with Gasteiger partial charge in [0.15, 0.2) is 0 Å². The zero-order valence-corrected chi connectivity index (χ0v) is 13.0. The summed E-state index contributed by atoms with van der Waals surface area (Å²) in [7, 11) is 0. The number of nitrogens with one attached hydrogen (secondary N) is 1. The summed E-state index contributed by atoms with van der Waals surface area (Å²) in [6.07, 6.45) is 3.76. The fourth-order valence-electron chi connectivity index (χ4n) is 2.73. The molecule has 1 aromatic carbocycles. The standard InChI is InChI=1S/C15H23BrN2/c1-3-5-14-11-18(9-4-8-17-14)15-7-6-13(16)10-12(15)2/h6-7,10,14,17H,3-5,8-9,11H2,1-2H3. The molecule has 3 heteroatoms. The van der Waals surface area contributed by atoms with Crippen LogP contribution in [0.2, 0.25) is 0 Å². The molecule has 1 aliphatic rings. The number of hydrogen-bond donors (Lipinski definition) is 1. The lowest BCUT2D eigenvalue weighted by Gasteiger charge is -2.28. The van der Waals surface area contributed by atoms with E-state index in [4.69, 9.17) is 0 Å². The van der Waals surface area contributed by atoms with Gasteiger partial charge in [-0.3, -0.25) is 0 Å². The molecule has 0 aromatic heterocycles. The lowest BCUT2D eigenvalue weighted by molar-refractivity contribution is 0.502. The number of benzene rings is 1. The highest BCUT2D eigenvalue weighted by Gasteiger charge is 2.18. The Morgan fingerprint density at radius 3 is 3.00 bits per heavy atom. The molecule has 0 radical (unpaired) electrons. The highest BCUT2D eigenvalue weighted by Crippen LogP contribution is 2.25. The molecule has 1 heterocycles. The summed E-state index contributed by atoms with van der Waals surface area (Å²) < 4.78 is 1.17. The molecule has 0 saturated carbocycles. The summed E-state index contributed by atoms with van der Waals surface area (Å²) in [6, 6.07) is 7.24. The lowest BCUT2D eigenvalue weighted by Crippen LogP contribution is -2.37. The molecular weight excluding hydrogens is 288 g/mol. The first-order valence-electron chi connectivity index (χ1n) is 6.95. The van der Waals surface area contributed by atoms with Crippen molar-refractivity contribution in [1.29, 1.82) is 0 Å². The monoisotopic (exact) mass is 310 g/mol. The van der Waals surface area contributed by atoms with Crippen LogP contribution in [-0.4, -0.2) is 25.7 Å². The number of halogens is 1. The molecule has 18 heavy (non-hydrogen) atoms. The Morgan fingerprint density at radius 2 is 2.28 bits per heavy atom. The fourth-order valence-corrected chi connectivity index (χ4v) is 3.21. The van der Waals surface area contributed by atoms with Crippen molar-refractivity contribution in [2.45, 2.75) is 39.2 Å². The Labute approximate surface area is 119 Å². The molecule has 1 fully saturated rings. The van der Waals surface area contributed by atoms with Gasteiger partial charge in [-0.25, -0.2) is 0 Å². The molecule has 0 spiro atoms. The van der Waals surface area contributed by atoms with E-state index in [0.717, 1.165) is 19.6 Å². The number of nitrogens with zero attached hydrogens (tertiary/aromatic N) is 1. The summed E-state index contributed by atoms with van der Waals surface area (Å²) in [5.41, 5.74) is 2.75. The second kappa shape index (κ2) is 6.58. The molecular formula is C15H23BrN2. The first-order valence-corrected chi connectivity index (χ1v) is 7.74. The molecule has 100 valence electrons. The predicted molar refractivity (Wildman–Crippen MR) is 82.4 cm³/mol. The summed E-state index contributed by atoms with van der Waals surface area (Å²) in [6.45, 7) is 7.91. The Morgan fingerprint density at radius 1 is 1.44 bits per heavy atom. The van der Waals surface area contributed by atoms with Crippen LogP contribution in [-0.2, 0) is 0 Å². The van der Waals surface area contributed by atoms with Gasteiger partial charge in [0.05, 0.1) is 0 Å². The number of rotatable bonds is 3. The number of hydrogen-bond acceptors (Lipinski definition) is 2. The van der Waals surface area contributed by atoms with Crippen LogP contribution in [0, 0.1) is 6.92 Å². The average Bonchev–Trinajstić information content (AvgIpc) is 2.55. The maximum absolute atomic E-state index is 3.66. The minimum absolute atomic E-state index is 0.639. The van der Waals surface area contributed by atoms with E-state index in [1.54, 1.807) is 0 Å². The van der Waals surface area contributed by atoms with Gasteiger partial charge >= 0.3 is 0 Å². The van der Waals surface area contributed by atoms with Gasteiger partial charge in [0, 0.05) is 29.3 Å². The van der Waals surface area contributed by atoms with Crippen LogP contribution >= 0.6 is 15.9 Å². The smallest absolute Gasteiger partial charge is 0.0397 e.